The first-order chi connectivity index (χ1) is 8.95. The normalized spacial score (nSPS) is 13.7. The van der Waals surface area contributed by atoms with E-state index in [-0.39, 0.29) is 17.6 Å². The van der Waals surface area contributed by atoms with Crippen molar-refractivity contribution in [1.29, 1.82) is 0 Å². The maximum absolute atomic E-state index is 13.1. The SMILES string of the molecule is CCNC(c1ccc(Cl)c2cccnc12)C(F)(F)F. The molecule has 0 amide bonds. The van der Waals surface area contributed by atoms with Crippen molar-refractivity contribution in [3.8, 4) is 0 Å². The van der Waals surface area contributed by atoms with Crippen molar-refractivity contribution in [2.45, 2.75) is 19.1 Å². The summed E-state index contributed by atoms with van der Waals surface area (Å²) in [6.07, 6.45) is -2.92. The van der Waals surface area contributed by atoms with E-state index in [9.17, 15) is 13.2 Å². The van der Waals surface area contributed by atoms with E-state index in [0.29, 0.717) is 10.4 Å². The second kappa shape index (κ2) is 5.35. The molecule has 1 aromatic heterocycles. The predicted octanol–water partition coefficient (Wildman–Crippen LogP) is 4.10. The van der Waals surface area contributed by atoms with Gasteiger partial charge in [-0.15, -0.1) is 0 Å². The van der Waals surface area contributed by atoms with Gasteiger partial charge in [0.25, 0.3) is 0 Å². The quantitative estimate of drug-likeness (QED) is 0.920. The number of rotatable bonds is 3. The van der Waals surface area contributed by atoms with E-state index in [1.165, 1.54) is 18.3 Å². The summed E-state index contributed by atoms with van der Waals surface area (Å²) in [6.45, 7) is 1.84. The molecule has 102 valence electrons. The third-order valence-corrected chi connectivity index (χ3v) is 3.12. The highest BCUT2D eigenvalue weighted by Crippen LogP contribution is 2.37. The number of nitrogens with one attached hydrogen (secondary N) is 1. The van der Waals surface area contributed by atoms with Gasteiger partial charge in [-0.2, -0.15) is 13.2 Å². The van der Waals surface area contributed by atoms with E-state index in [0.717, 1.165) is 0 Å². The first-order valence-corrected chi connectivity index (χ1v) is 6.16. The van der Waals surface area contributed by atoms with Crippen LogP contribution < -0.4 is 5.32 Å². The summed E-state index contributed by atoms with van der Waals surface area (Å²) in [5, 5.41) is 3.36. The third kappa shape index (κ3) is 2.82. The van der Waals surface area contributed by atoms with E-state index < -0.39 is 12.2 Å². The Morgan fingerprint density at radius 1 is 1.32 bits per heavy atom. The van der Waals surface area contributed by atoms with Gasteiger partial charge in [0.05, 0.1) is 5.52 Å². The molecule has 1 aromatic carbocycles. The highest BCUT2D eigenvalue weighted by molar-refractivity contribution is 6.35. The van der Waals surface area contributed by atoms with Crippen molar-refractivity contribution in [1.82, 2.24) is 10.3 Å². The second-order valence-corrected chi connectivity index (χ2v) is 4.48. The van der Waals surface area contributed by atoms with E-state index in [4.69, 9.17) is 11.6 Å². The molecular weight excluding hydrogens is 277 g/mol. The fourth-order valence-corrected chi connectivity index (χ4v) is 2.21. The molecule has 1 unspecified atom stereocenters. The zero-order chi connectivity index (χ0) is 14.0. The van der Waals surface area contributed by atoms with Crippen LogP contribution in [0.3, 0.4) is 0 Å². The summed E-state index contributed by atoms with van der Waals surface area (Å²) in [5.41, 5.74) is 0.368. The Kier molecular flexibility index (Phi) is 3.96. The van der Waals surface area contributed by atoms with Crippen molar-refractivity contribution >= 4 is 22.5 Å². The number of hydrogen-bond acceptors (Lipinski definition) is 2. The average molecular weight is 289 g/mol. The first kappa shape index (κ1) is 14.1. The van der Waals surface area contributed by atoms with Gasteiger partial charge in [-0.25, -0.2) is 0 Å². The van der Waals surface area contributed by atoms with Crippen molar-refractivity contribution < 1.29 is 13.2 Å². The molecule has 0 aliphatic rings. The molecule has 0 bridgehead atoms. The Labute approximate surface area is 113 Å². The van der Waals surface area contributed by atoms with Gasteiger partial charge in [0, 0.05) is 22.2 Å². The van der Waals surface area contributed by atoms with Crippen LogP contribution >= 0.6 is 11.6 Å². The molecule has 6 heteroatoms. The van der Waals surface area contributed by atoms with Gasteiger partial charge in [-0.05, 0) is 24.7 Å². The van der Waals surface area contributed by atoms with Gasteiger partial charge in [0.15, 0.2) is 0 Å². The van der Waals surface area contributed by atoms with Crippen LogP contribution in [0.5, 0.6) is 0 Å². The highest BCUT2D eigenvalue weighted by atomic mass is 35.5. The maximum atomic E-state index is 13.1. The molecule has 0 aliphatic carbocycles. The summed E-state index contributed by atoms with van der Waals surface area (Å²) in [5.74, 6) is 0. The predicted molar refractivity (Wildman–Crippen MR) is 69.2 cm³/mol. The minimum atomic E-state index is -4.38. The number of pyridine rings is 1. The van der Waals surface area contributed by atoms with Crippen LogP contribution in [0, 0.1) is 0 Å². The van der Waals surface area contributed by atoms with E-state index in [1.54, 1.807) is 19.1 Å². The number of nitrogens with zero attached hydrogens (tertiary/aromatic N) is 1. The molecule has 0 saturated heterocycles. The lowest BCUT2D eigenvalue weighted by atomic mass is 10.0. The molecule has 1 N–H and O–H groups in total. The molecule has 1 atom stereocenters. The van der Waals surface area contributed by atoms with E-state index in [1.807, 2.05) is 0 Å². The molecule has 0 saturated carbocycles. The lowest BCUT2D eigenvalue weighted by Gasteiger charge is -2.22. The molecule has 0 fully saturated rings. The highest BCUT2D eigenvalue weighted by Gasteiger charge is 2.41. The van der Waals surface area contributed by atoms with Gasteiger partial charge in [-0.1, -0.05) is 24.6 Å². The largest absolute Gasteiger partial charge is 0.407 e. The summed E-state index contributed by atoms with van der Waals surface area (Å²) in [4.78, 5) is 4.03. The Balaban J connectivity index is 2.64. The number of aromatic nitrogens is 1. The number of fused-ring (bicyclic) bond motifs is 1. The number of hydrogen-bond donors (Lipinski definition) is 1. The van der Waals surface area contributed by atoms with Gasteiger partial charge in [-0.3, -0.25) is 4.98 Å². The molecule has 2 rings (SSSR count). The Morgan fingerprint density at radius 2 is 2.05 bits per heavy atom. The number of halogens is 4. The minimum absolute atomic E-state index is 0.0920. The number of benzene rings is 1. The smallest absolute Gasteiger partial charge is 0.303 e. The van der Waals surface area contributed by atoms with E-state index >= 15 is 0 Å². The van der Waals surface area contributed by atoms with Gasteiger partial charge in [0.1, 0.15) is 6.04 Å². The molecular formula is C13H12ClF3N2. The van der Waals surface area contributed by atoms with Crippen LogP contribution in [0.25, 0.3) is 10.9 Å². The topological polar surface area (TPSA) is 24.9 Å². The fraction of sp³-hybridized carbons (Fsp3) is 0.308. The lowest BCUT2D eigenvalue weighted by molar-refractivity contribution is -0.157. The van der Waals surface area contributed by atoms with Gasteiger partial charge >= 0.3 is 6.18 Å². The van der Waals surface area contributed by atoms with Crippen LogP contribution in [0.2, 0.25) is 5.02 Å². The van der Waals surface area contributed by atoms with Crippen LogP contribution in [-0.4, -0.2) is 17.7 Å². The number of alkyl halides is 3. The van der Waals surface area contributed by atoms with Crippen LogP contribution in [-0.2, 0) is 0 Å². The standard InChI is InChI=1S/C13H12ClF3N2/c1-2-18-12(13(15,16)17)9-5-6-10(14)8-4-3-7-19-11(8)9/h3-7,12,18H,2H2,1H3. The third-order valence-electron chi connectivity index (χ3n) is 2.79. The lowest BCUT2D eigenvalue weighted by Crippen LogP contribution is -2.34. The van der Waals surface area contributed by atoms with Crippen molar-refractivity contribution in [3.05, 3.63) is 41.0 Å². The van der Waals surface area contributed by atoms with Gasteiger partial charge in [0.2, 0.25) is 0 Å². The second-order valence-electron chi connectivity index (χ2n) is 4.07. The summed E-state index contributed by atoms with van der Waals surface area (Å²) in [7, 11) is 0. The van der Waals surface area contributed by atoms with Crippen molar-refractivity contribution in [3.63, 3.8) is 0 Å². The summed E-state index contributed by atoms with van der Waals surface area (Å²) < 4.78 is 39.3. The van der Waals surface area contributed by atoms with Crippen molar-refractivity contribution in [2.24, 2.45) is 0 Å². The first-order valence-electron chi connectivity index (χ1n) is 5.78. The van der Waals surface area contributed by atoms with Gasteiger partial charge < -0.3 is 5.32 Å². The summed E-state index contributed by atoms with van der Waals surface area (Å²) >= 11 is 5.98. The average Bonchev–Trinajstić information content (AvgIpc) is 2.36. The molecule has 0 aliphatic heterocycles. The Bertz CT molecular complexity index is 584. The zero-order valence-corrected chi connectivity index (χ0v) is 10.9. The maximum Gasteiger partial charge on any atom is 0.407 e. The van der Waals surface area contributed by atoms with Crippen LogP contribution in [0.15, 0.2) is 30.5 Å². The Hall–Kier alpha value is -1.33. The molecule has 19 heavy (non-hydrogen) atoms. The molecule has 2 aromatic rings. The van der Waals surface area contributed by atoms with E-state index in [2.05, 4.69) is 10.3 Å². The molecule has 2 nitrogen and oxygen atoms in total. The molecule has 1 heterocycles. The summed E-state index contributed by atoms with van der Waals surface area (Å²) in [6, 6.07) is 4.41. The minimum Gasteiger partial charge on any atom is -0.303 e. The zero-order valence-electron chi connectivity index (χ0n) is 10.1. The monoisotopic (exact) mass is 288 g/mol. The Morgan fingerprint density at radius 3 is 2.68 bits per heavy atom. The van der Waals surface area contributed by atoms with Crippen molar-refractivity contribution in [2.75, 3.05) is 6.54 Å². The van der Waals surface area contributed by atoms with Crippen LogP contribution in [0.4, 0.5) is 13.2 Å². The molecule has 0 spiro atoms. The molecule has 0 radical (unpaired) electrons. The van der Waals surface area contributed by atoms with Crippen LogP contribution in [0.1, 0.15) is 18.5 Å². The fourth-order valence-electron chi connectivity index (χ4n) is 2.00.